The summed E-state index contributed by atoms with van der Waals surface area (Å²) in [4.78, 5) is 14.6. The number of nitrogens with one attached hydrogen (secondary N) is 1. The molecule has 1 N–H and O–H groups in total. The molecule has 2 unspecified atom stereocenters. The number of nitrogens with zero attached hydrogens (tertiary/aromatic N) is 1. The summed E-state index contributed by atoms with van der Waals surface area (Å²) in [6.07, 6.45) is 3.26. The lowest BCUT2D eigenvalue weighted by Crippen LogP contribution is -2.37. The van der Waals surface area contributed by atoms with E-state index in [0.29, 0.717) is 19.0 Å². The largest absolute Gasteiger partial charge is 0.467 e. The van der Waals surface area contributed by atoms with Crippen molar-refractivity contribution in [2.45, 2.75) is 20.0 Å². The van der Waals surface area contributed by atoms with Crippen LogP contribution in [0.5, 0.6) is 0 Å². The van der Waals surface area contributed by atoms with Gasteiger partial charge in [-0.05, 0) is 36.7 Å². The first-order valence-corrected chi connectivity index (χ1v) is 7.28. The van der Waals surface area contributed by atoms with Crippen LogP contribution >= 0.6 is 0 Å². The predicted molar refractivity (Wildman–Crippen MR) is 77.2 cm³/mol. The van der Waals surface area contributed by atoms with Gasteiger partial charge in [-0.1, -0.05) is 6.92 Å². The summed E-state index contributed by atoms with van der Waals surface area (Å²) in [6.45, 7) is 4.69. The van der Waals surface area contributed by atoms with E-state index in [9.17, 15) is 4.79 Å². The molecule has 5 heteroatoms. The van der Waals surface area contributed by atoms with Crippen molar-refractivity contribution in [1.29, 1.82) is 0 Å². The summed E-state index contributed by atoms with van der Waals surface area (Å²) >= 11 is 0. The molecule has 3 heterocycles. The quantitative estimate of drug-likeness (QED) is 0.917. The Morgan fingerprint density at radius 1 is 1.19 bits per heavy atom. The van der Waals surface area contributed by atoms with Crippen molar-refractivity contribution < 1.29 is 13.6 Å². The summed E-state index contributed by atoms with van der Waals surface area (Å²) in [6, 6.07) is 7.45. The van der Waals surface area contributed by atoms with Crippen LogP contribution in [0.4, 0.5) is 0 Å². The van der Waals surface area contributed by atoms with Gasteiger partial charge in [0.2, 0.25) is 5.91 Å². The highest BCUT2D eigenvalue weighted by Crippen LogP contribution is 2.21. The zero-order chi connectivity index (χ0) is 14.7. The van der Waals surface area contributed by atoms with Crippen LogP contribution in [0.1, 0.15) is 18.4 Å². The molecule has 2 aromatic heterocycles. The third-order valence-corrected chi connectivity index (χ3v) is 4.00. The maximum absolute atomic E-state index is 12.8. The highest BCUT2D eigenvalue weighted by molar-refractivity contribution is 5.79. The van der Waals surface area contributed by atoms with Crippen LogP contribution in [0.25, 0.3) is 0 Å². The first-order chi connectivity index (χ1) is 10.2. The number of hydrogen-bond donors (Lipinski definition) is 1. The van der Waals surface area contributed by atoms with Crippen LogP contribution in [-0.2, 0) is 17.9 Å². The van der Waals surface area contributed by atoms with E-state index in [2.05, 4.69) is 12.2 Å². The van der Waals surface area contributed by atoms with Crippen molar-refractivity contribution in [3.63, 3.8) is 0 Å². The monoisotopic (exact) mass is 288 g/mol. The lowest BCUT2D eigenvalue weighted by Gasteiger charge is -2.25. The number of furan rings is 2. The van der Waals surface area contributed by atoms with Gasteiger partial charge in [0.1, 0.15) is 11.5 Å². The average Bonchev–Trinajstić information content (AvgIpc) is 3.19. The van der Waals surface area contributed by atoms with Crippen molar-refractivity contribution in [2.24, 2.45) is 11.8 Å². The SMILES string of the molecule is CC1CNCC1C(=O)N(Cc1ccco1)Cc1ccco1. The molecule has 1 aliphatic heterocycles. The number of rotatable bonds is 5. The van der Waals surface area contributed by atoms with E-state index in [-0.39, 0.29) is 11.8 Å². The Morgan fingerprint density at radius 2 is 1.81 bits per heavy atom. The van der Waals surface area contributed by atoms with Crippen LogP contribution in [0.15, 0.2) is 45.6 Å². The first kappa shape index (κ1) is 13.9. The Hall–Kier alpha value is -2.01. The van der Waals surface area contributed by atoms with Crippen molar-refractivity contribution >= 4 is 5.91 Å². The first-order valence-electron chi connectivity index (χ1n) is 7.28. The van der Waals surface area contributed by atoms with Gasteiger partial charge in [-0.15, -0.1) is 0 Å². The molecule has 0 spiro atoms. The molecule has 5 nitrogen and oxygen atoms in total. The number of amides is 1. The summed E-state index contributed by atoms with van der Waals surface area (Å²) in [5.41, 5.74) is 0. The van der Waals surface area contributed by atoms with E-state index in [0.717, 1.165) is 24.6 Å². The second-order valence-corrected chi connectivity index (χ2v) is 5.60. The molecular weight excluding hydrogens is 268 g/mol. The van der Waals surface area contributed by atoms with Crippen LogP contribution in [-0.4, -0.2) is 23.9 Å². The topological polar surface area (TPSA) is 58.6 Å². The Kier molecular flexibility index (Phi) is 4.10. The normalized spacial score (nSPS) is 21.6. The molecule has 1 saturated heterocycles. The van der Waals surface area contributed by atoms with Crippen molar-refractivity contribution in [3.8, 4) is 0 Å². The van der Waals surface area contributed by atoms with E-state index >= 15 is 0 Å². The number of carbonyl (C=O) groups excluding carboxylic acids is 1. The highest BCUT2D eigenvalue weighted by Gasteiger charge is 2.33. The maximum atomic E-state index is 12.8. The zero-order valence-electron chi connectivity index (χ0n) is 12.1. The fourth-order valence-electron chi connectivity index (χ4n) is 2.77. The van der Waals surface area contributed by atoms with E-state index in [1.54, 1.807) is 12.5 Å². The van der Waals surface area contributed by atoms with Gasteiger partial charge in [0.15, 0.2) is 0 Å². The van der Waals surface area contributed by atoms with Crippen LogP contribution in [0.2, 0.25) is 0 Å². The Morgan fingerprint density at radius 3 is 2.24 bits per heavy atom. The summed E-state index contributed by atoms with van der Waals surface area (Å²) in [7, 11) is 0. The lowest BCUT2D eigenvalue weighted by atomic mass is 9.96. The van der Waals surface area contributed by atoms with Crippen molar-refractivity contribution in [2.75, 3.05) is 13.1 Å². The third kappa shape index (κ3) is 3.19. The van der Waals surface area contributed by atoms with Gasteiger partial charge in [-0.2, -0.15) is 0 Å². The molecule has 21 heavy (non-hydrogen) atoms. The Bertz CT molecular complexity index is 526. The lowest BCUT2D eigenvalue weighted by molar-refractivity contribution is -0.137. The molecule has 0 bridgehead atoms. The van der Waals surface area contributed by atoms with Crippen molar-refractivity contribution in [1.82, 2.24) is 10.2 Å². The van der Waals surface area contributed by atoms with E-state index in [1.165, 1.54) is 0 Å². The number of hydrogen-bond acceptors (Lipinski definition) is 4. The molecule has 1 fully saturated rings. The molecule has 2 atom stereocenters. The maximum Gasteiger partial charge on any atom is 0.228 e. The molecule has 0 radical (unpaired) electrons. The number of carbonyl (C=O) groups is 1. The standard InChI is InChI=1S/C16H20N2O3/c1-12-8-17-9-15(12)16(19)18(10-13-4-2-6-20-13)11-14-5-3-7-21-14/h2-7,12,15,17H,8-11H2,1H3. The van der Waals surface area contributed by atoms with Gasteiger partial charge in [-0.25, -0.2) is 0 Å². The fraction of sp³-hybridized carbons (Fsp3) is 0.438. The van der Waals surface area contributed by atoms with Crippen LogP contribution in [0, 0.1) is 11.8 Å². The molecule has 112 valence electrons. The molecule has 0 aliphatic carbocycles. The van der Waals surface area contributed by atoms with Gasteiger partial charge < -0.3 is 19.1 Å². The molecule has 2 aromatic rings. The molecular formula is C16H20N2O3. The predicted octanol–water partition coefficient (Wildman–Crippen LogP) is 2.26. The zero-order valence-corrected chi connectivity index (χ0v) is 12.1. The minimum atomic E-state index is 0.0231. The van der Waals surface area contributed by atoms with Gasteiger partial charge in [-0.3, -0.25) is 4.79 Å². The van der Waals surface area contributed by atoms with Gasteiger partial charge in [0, 0.05) is 6.54 Å². The summed E-state index contributed by atoms with van der Waals surface area (Å²) < 4.78 is 10.8. The third-order valence-electron chi connectivity index (χ3n) is 4.00. The second-order valence-electron chi connectivity index (χ2n) is 5.60. The van der Waals surface area contributed by atoms with E-state index < -0.39 is 0 Å². The molecule has 1 amide bonds. The second kappa shape index (κ2) is 6.18. The highest BCUT2D eigenvalue weighted by atomic mass is 16.3. The Labute approximate surface area is 123 Å². The van der Waals surface area contributed by atoms with Gasteiger partial charge in [0.25, 0.3) is 0 Å². The summed E-state index contributed by atoms with van der Waals surface area (Å²) in [5.74, 6) is 2.10. The smallest absolute Gasteiger partial charge is 0.228 e. The molecule has 0 aromatic carbocycles. The van der Waals surface area contributed by atoms with Gasteiger partial charge >= 0.3 is 0 Å². The fourth-order valence-corrected chi connectivity index (χ4v) is 2.77. The van der Waals surface area contributed by atoms with E-state index in [4.69, 9.17) is 8.83 Å². The molecule has 0 saturated carbocycles. The molecule has 1 aliphatic rings. The van der Waals surface area contributed by atoms with Crippen LogP contribution in [0.3, 0.4) is 0 Å². The van der Waals surface area contributed by atoms with E-state index in [1.807, 2.05) is 29.2 Å². The van der Waals surface area contributed by atoms with Gasteiger partial charge in [0.05, 0.1) is 31.5 Å². The van der Waals surface area contributed by atoms with Crippen LogP contribution < -0.4 is 5.32 Å². The Balaban J connectivity index is 1.75. The minimum Gasteiger partial charge on any atom is -0.467 e. The van der Waals surface area contributed by atoms with Crippen molar-refractivity contribution in [3.05, 3.63) is 48.3 Å². The minimum absolute atomic E-state index is 0.0231. The average molecular weight is 288 g/mol. The molecule has 3 rings (SSSR count). The summed E-state index contributed by atoms with van der Waals surface area (Å²) in [5, 5.41) is 3.28.